The fourth-order valence-corrected chi connectivity index (χ4v) is 2.75. The van der Waals surface area contributed by atoms with Crippen molar-refractivity contribution in [3.05, 3.63) is 75.2 Å². The van der Waals surface area contributed by atoms with Crippen LogP contribution in [0.25, 0.3) is 0 Å². The van der Waals surface area contributed by atoms with Gasteiger partial charge in [0.2, 0.25) is 0 Å². The first kappa shape index (κ1) is 20.4. The van der Waals surface area contributed by atoms with Crippen LogP contribution in [-0.2, 0) is 7.05 Å². The van der Waals surface area contributed by atoms with Crippen molar-refractivity contribution in [2.75, 3.05) is 11.9 Å². The smallest absolute Gasteiger partial charge is 0.294 e. The minimum absolute atomic E-state index is 0.152. The van der Waals surface area contributed by atoms with Gasteiger partial charge >= 0.3 is 0 Å². The Kier molecular flexibility index (Phi) is 6.19. The van der Waals surface area contributed by atoms with Crippen molar-refractivity contribution < 1.29 is 9.53 Å². The number of nitrogens with zero attached hydrogens (tertiary/aromatic N) is 2. The molecular weight excluding hydrogens is 392 g/mol. The summed E-state index contributed by atoms with van der Waals surface area (Å²) < 4.78 is 7.10. The fourth-order valence-electron chi connectivity index (χ4n) is 2.64. The second-order valence-corrected chi connectivity index (χ2v) is 6.79. The molecule has 0 bridgehead atoms. The number of aryl methyl sites for hydroxylation is 2. The maximum absolute atomic E-state index is 12.6. The van der Waals surface area contributed by atoms with Gasteiger partial charge in [-0.25, -0.2) is 4.68 Å². The Balaban J connectivity index is 1.90. The Labute approximate surface area is 173 Å². The van der Waals surface area contributed by atoms with Crippen LogP contribution in [0.3, 0.4) is 0 Å². The second kappa shape index (κ2) is 8.79. The lowest BCUT2D eigenvalue weighted by Gasteiger charge is -2.14. The van der Waals surface area contributed by atoms with Gasteiger partial charge < -0.3 is 15.4 Å². The molecule has 8 heteroatoms. The van der Waals surface area contributed by atoms with Crippen LogP contribution in [0.2, 0.25) is 5.02 Å². The van der Waals surface area contributed by atoms with E-state index in [9.17, 15) is 9.59 Å². The number of hydrogen-bond acceptors (Lipinski definition) is 5. The van der Waals surface area contributed by atoms with E-state index in [0.717, 1.165) is 5.56 Å². The number of halogens is 1. The van der Waals surface area contributed by atoms with E-state index in [2.05, 4.69) is 15.7 Å². The summed E-state index contributed by atoms with van der Waals surface area (Å²) in [5, 5.41) is 10.5. The van der Waals surface area contributed by atoms with Crippen molar-refractivity contribution in [3.63, 3.8) is 0 Å². The van der Waals surface area contributed by atoms with Crippen LogP contribution >= 0.6 is 11.6 Å². The Morgan fingerprint density at radius 3 is 2.59 bits per heavy atom. The number of benzene rings is 2. The average molecular weight is 413 g/mol. The van der Waals surface area contributed by atoms with E-state index in [1.165, 1.54) is 10.9 Å². The predicted molar refractivity (Wildman–Crippen MR) is 113 cm³/mol. The van der Waals surface area contributed by atoms with Crippen LogP contribution in [0.4, 0.5) is 11.4 Å². The third-order valence-electron chi connectivity index (χ3n) is 4.21. The van der Waals surface area contributed by atoms with Crippen LogP contribution in [-0.4, -0.2) is 22.2 Å². The highest BCUT2D eigenvalue weighted by molar-refractivity contribution is 6.31. The van der Waals surface area contributed by atoms with Gasteiger partial charge in [0.25, 0.3) is 11.5 Å². The number of amides is 1. The molecule has 0 aliphatic heterocycles. The molecule has 0 saturated carbocycles. The Hall–Kier alpha value is -3.32. The molecule has 1 aromatic heterocycles. The molecule has 0 unspecified atom stereocenters. The van der Waals surface area contributed by atoms with E-state index in [1.54, 1.807) is 49.5 Å². The summed E-state index contributed by atoms with van der Waals surface area (Å²) in [5.41, 5.74) is 1.92. The van der Waals surface area contributed by atoms with Gasteiger partial charge in [-0.05, 0) is 61.9 Å². The van der Waals surface area contributed by atoms with E-state index in [4.69, 9.17) is 16.3 Å². The quantitative estimate of drug-likeness (QED) is 0.638. The van der Waals surface area contributed by atoms with Crippen molar-refractivity contribution in [2.45, 2.75) is 13.8 Å². The highest BCUT2D eigenvalue weighted by atomic mass is 35.5. The standard InChI is InChI=1S/C21H21ClN4O3/c1-4-23-20(27)14-5-7-15(8-6-14)25-19-18(12-24-26(3)21(19)28)29-16-9-10-17(22)13(2)11-16/h5-12,25H,4H2,1-3H3,(H,23,27). The zero-order valence-corrected chi connectivity index (χ0v) is 17.1. The molecule has 0 saturated heterocycles. The van der Waals surface area contributed by atoms with Crippen molar-refractivity contribution in [1.29, 1.82) is 0 Å². The van der Waals surface area contributed by atoms with Crippen LogP contribution in [0.5, 0.6) is 11.5 Å². The number of carbonyl (C=O) groups is 1. The highest BCUT2D eigenvalue weighted by Crippen LogP contribution is 2.30. The van der Waals surface area contributed by atoms with Crippen LogP contribution in [0, 0.1) is 6.92 Å². The number of carbonyl (C=O) groups excluding carboxylic acids is 1. The first-order chi connectivity index (χ1) is 13.9. The van der Waals surface area contributed by atoms with Gasteiger partial charge in [-0.2, -0.15) is 5.10 Å². The topological polar surface area (TPSA) is 85.2 Å². The van der Waals surface area contributed by atoms with Gasteiger partial charge in [0.05, 0.1) is 6.20 Å². The lowest BCUT2D eigenvalue weighted by Crippen LogP contribution is -2.23. The maximum Gasteiger partial charge on any atom is 0.294 e. The molecule has 2 N–H and O–H groups in total. The third-order valence-corrected chi connectivity index (χ3v) is 4.64. The summed E-state index contributed by atoms with van der Waals surface area (Å²) in [7, 11) is 1.56. The maximum atomic E-state index is 12.6. The minimum atomic E-state index is -0.346. The number of aromatic nitrogens is 2. The molecule has 3 aromatic rings. The van der Waals surface area contributed by atoms with E-state index < -0.39 is 0 Å². The zero-order valence-electron chi connectivity index (χ0n) is 16.3. The number of ether oxygens (including phenoxy) is 1. The fraction of sp³-hybridized carbons (Fsp3) is 0.190. The van der Waals surface area contributed by atoms with E-state index in [0.29, 0.717) is 28.6 Å². The third kappa shape index (κ3) is 4.75. The molecule has 1 heterocycles. The lowest BCUT2D eigenvalue weighted by atomic mass is 10.2. The Morgan fingerprint density at radius 1 is 1.21 bits per heavy atom. The number of rotatable bonds is 6. The van der Waals surface area contributed by atoms with Crippen LogP contribution < -0.4 is 20.9 Å². The van der Waals surface area contributed by atoms with Gasteiger partial charge in [0.15, 0.2) is 11.4 Å². The second-order valence-electron chi connectivity index (χ2n) is 6.39. The van der Waals surface area contributed by atoms with Crippen molar-refractivity contribution >= 4 is 28.9 Å². The molecule has 0 aliphatic rings. The highest BCUT2D eigenvalue weighted by Gasteiger charge is 2.14. The number of anilines is 2. The molecular formula is C21H21ClN4O3. The average Bonchev–Trinajstić information content (AvgIpc) is 2.71. The molecule has 0 atom stereocenters. The zero-order chi connectivity index (χ0) is 21.0. The molecule has 0 aliphatic carbocycles. The van der Waals surface area contributed by atoms with Gasteiger partial charge in [0.1, 0.15) is 5.75 Å². The SMILES string of the molecule is CCNC(=O)c1ccc(Nc2c(Oc3ccc(Cl)c(C)c3)cnn(C)c2=O)cc1. The van der Waals surface area contributed by atoms with Crippen molar-refractivity contribution in [1.82, 2.24) is 15.1 Å². The molecule has 7 nitrogen and oxygen atoms in total. The Morgan fingerprint density at radius 2 is 1.93 bits per heavy atom. The molecule has 1 amide bonds. The molecule has 0 radical (unpaired) electrons. The normalized spacial score (nSPS) is 10.5. The van der Waals surface area contributed by atoms with E-state index in [-0.39, 0.29) is 22.9 Å². The Bertz CT molecular complexity index is 1090. The summed E-state index contributed by atoms with van der Waals surface area (Å²) in [6, 6.07) is 12.0. The summed E-state index contributed by atoms with van der Waals surface area (Å²) in [4.78, 5) is 24.5. The molecule has 3 rings (SSSR count). The molecule has 2 aromatic carbocycles. The van der Waals surface area contributed by atoms with Crippen LogP contribution in [0.15, 0.2) is 53.5 Å². The van der Waals surface area contributed by atoms with Crippen molar-refractivity contribution in [2.24, 2.45) is 7.05 Å². The molecule has 0 spiro atoms. The first-order valence-corrected chi connectivity index (χ1v) is 9.42. The summed E-state index contributed by atoms with van der Waals surface area (Å²) in [5.74, 6) is 0.667. The lowest BCUT2D eigenvalue weighted by molar-refractivity contribution is 0.0956. The minimum Gasteiger partial charge on any atom is -0.453 e. The summed E-state index contributed by atoms with van der Waals surface area (Å²) in [6.45, 7) is 4.28. The predicted octanol–water partition coefficient (Wildman–Crippen LogP) is 4.03. The number of nitrogens with one attached hydrogen (secondary N) is 2. The monoisotopic (exact) mass is 412 g/mol. The van der Waals surface area contributed by atoms with Gasteiger partial charge in [-0.15, -0.1) is 0 Å². The summed E-state index contributed by atoms with van der Waals surface area (Å²) in [6.07, 6.45) is 1.47. The van der Waals surface area contributed by atoms with Gasteiger partial charge in [0, 0.05) is 29.9 Å². The number of hydrogen-bond donors (Lipinski definition) is 2. The molecule has 0 fully saturated rings. The largest absolute Gasteiger partial charge is 0.453 e. The van der Waals surface area contributed by atoms with E-state index >= 15 is 0 Å². The van der Waals surface area contributed by atoms with Crippen molar-refractivity contribution in [3.8, 4) is 11.5 Å². The molecule has 150 valence electrons. The first-order valence-electron chi connectivity index (χ1n) is 9.04. The molecule has 29 heavy (non-hydrogen) atoms. The summed E-state index contributed by atoms with van der Waals surface area (Å²) >= 11 is 6.06. The van der Waals surface area contributed by atoms with Gasteiger partial charge in [-0.1, -0.05) is 11.6 Å². The van der Waals surface area contributed by atoms with Gasteiger partial charge in [-0.3, -0.25) is 9.59 Å². The van der Waals surface area contributed by atoms with E-state index in [1.807, 2.05) is 13.8 Å². The van der Waals surface area contributed by atoms with Crippen LogP contribution in [0.1, 0.15) is 22.8 Å².